The first-order chi connectivity index (χ1) is 31.0. The Morgan fingerprint density at radius 3 is 1.69 bits per heavy atom. The van der Waals surface area contributed by atoms with Gasteiger partial charge in [-0.1, -0.05) is 46.9 Å². The number of aromatic nitrogens is 3. The lowest BCUT2D eigenvalue weighted by molar-refractivity contribution is 0.0371. The molecule has 0 spiro atoms. The summed E-state index contributed by atoms with van der Waals surface area (Å²) in [6.45, 7) is 7.49. The molecule has 4 aliphatic rings. The number of piperazine rings is 2. The second-order valence-electron chi connectivity index (χ2n) is 16.6. The molecule has 4 aromatic carbocycles. The molecule has 2 aromatic heterocycles. The van der Waals surface area contributed by atoms with Gasteiger partial charge in [0.25, 0.3) is 11.8 Å². The lowest BCUT2D eigenvalue weighted by atomic mass is 10.1. The molecule has 0 radical (unpaired) electrons. The van der Waals surface area contributed by atoms with Crippen molar-refractivity contribution in [1.82, 2.24) is 34.6 Å². The fourth-order valence-electron chi connectivity index (χ4n) is 9.23. The molecular formula is C47H47Cl3FN9O4. The number of benzene rings is 4. The van der Waals surface area contributed by atoms with Crippen molar-refractivity contribution in [2.24, 2.45) is 0 Å². The van der Waals surface area contributed by atoms with Crippen LogP contribution < -0.4 is 9.80 Å². The summed E-state index contributed by atoms with van der Waals surface area (Å²) in [5.74, 6) is 1.10. The van der Waals surface area contributed by atoms with Gasteiger partial charge in [0.1, 0.15) is 29.3 Å². The van der Waals surface area contributed by atoms with Gasteiger partial charge >= 0.3 is 0 Å². The minimum atomic E-state index is -0.563. The van der Waals surface area contributed by atoms with E-state index in [0.717, 1.165) is 29.8 Å². The summed E-state index contributed by atoms with van der Waals surface area (Å²) in [5.41, 5.74) is 2.40. The van der Waals surface area contributed by atoms with E-state index in [0.29, 0.717) is 103 Å². The van der Waals surface area contributed by atoms with Gasteiger partial charge in [0.15, 0.2) is 0 Å². The van der Waals surface area contributed by atoms with E-state index in [2.05, 4.69) is 24.7 Å². The number of anilines is 2. The molecule has 6 heterocycles. The molecule has 4 atom stereocenters. The number of halogens is 4. The highest BCUT2D eigenvalue weighted by Gasteiger charge is 2.40. The summed E-state index contributed by atoms with van der Waals surface area (Å²) in [6, 6.07) is 28.4. The van der Waals surface area contributed by atoms with Gasteiger partial charge in [-0.05, 0) is 84.9 Å². The van der Waals surface area contributed by atoms with Crippen molar-refractivity contribution in [2.75, 3.05) is 88.3 Å². The van der Waals surface area contributed by atoms with Crippen LogP contribution in [0.2, 0.25) is 15.1 Å². The summed E-state index contributed by atoms with van der Waals surface area (Å²) >= 11 is 18.0. The van der Waals surface area contributed by atoms with E-state index in [1.165, 1.54) is 12.4 Å². The summed E-state index contributed by atoms with van der Waals surface area (Å²) in [6.07, 6.45) is 0.333. The largest absolute Gasteiger partial charge is 0.390 e. The maximum atomic E-state index is 14.1. The molecule has 17 heteroatoms. The van der Waals surface area contributed by atoms with E-state index < -0.39 is 12.2 Å². The van der Waals surface area contributed by atoms with Crippen LogP contribution in [-0.2, 0) is 0 Å². The minimum Gasteiger partial charge on any atom is -0.390 e. The van der Waals surface area contributed by atoms with Gasteiger partial charge in [-0.25, -0.2) is 19.3 Å². The van der Waals surface area contributed by atoms with Crippen molar-refractivity contribution in [3.05, 3.63) is 135 Å². The number of β-amino-alcohol motifs (C(OH)–C–C–N with tert-alkyl or cyclic N) is 2. The Morgan fingerprint density at radius 1 is 0.594 bits per heavy atom. The SMILES string of the molecule is O=C(c1ccc(Cl)cc1)N1CCN(C2CN(c3ccc4ccc(Cl)cc4n3)CC2O)CC1.O=C(c1ccc(Cl)cc1)N1CCN(C2CN(c3ncnc4c(F)cccc34)CC2O)CC1. The van der Waals surface area contributed by atoms with Crippen molar-refractivity contribution in [1.29, 1.82) is 0 Å². The van der Waals surface area contributed by atoms with Gasteiger partial charge in [-0.2, -0.15) is 0 Å². The Bertz CT molecular complexity index is 2630. The van der Waals surface area contributed by atoms with E-state index in [-0.39, 0.29) is 35.2 Å². The summed E-state index contributed by atoms with van der Waals surface area (Å²) in [5, 5.41) is 25.1. The third kappa shape index (κ3) is 9.45. The fraction of sp³-hybridized carbons (Fsp3) is 0.340. The van der Waals surface area contributed by atoms with Gasteiger partial charge in [0.2, 0.25) is 0 Å². The zero-order valence-electron chi connectivity index (χ0n) is 34.9. The highest BCUT2D eigenvalue weighted by atomic mass is 35.5. The highest BCUT2D eigenvalue weighted by Crippen LogP contribution is 2.30. The van der Waals surface area contributed by atoms with Gasteiger partial charge < -0.3 is 29.8 Å². The fourth-order valence-corrected chi connectivity index (χ4v) is 9.64. The number of fused-ring (bicyclic) bond motifs is 2. The van der Waals surface area contributed by atoms with Crippen LogP contribution in [0, 0.1) is 5.82 Å². The molecule has 2 amide bonds. The third-order valence-corrected chi connectivity index (χ3v) is 13.4. The van der Waals surface area contributed by atoms with Crippen LogP contribution in [0.3, 0.4) is 0 Å². The van der Waals surface area contributed by atoms with Crippen molar-refractivity contribution < 1.29 is 24.2 Å². The smallest absolute Gasteiger partial charge is 0.253 e. The van der Waals surface area contributed by atoms with E-state index in [1.54, 1.807) is 60.7 Å². The first-order valence-electron chi connectivity index (χ1n) is 21.4. The van der Waals surface area contributed by atoms with Gasteiger partial charge in [-0.3, -0.25) is 19.4 Å². The van der Waals surface area contributed by atoms with E-state index in [1.807, 2.05) is 45.0 Å². The molecule has 2 N–H and O–H groups in total. The van der Waals surface area contributed by atoms with E-state index in [4.69, 9.17) is 39.8 Å². The molecule has 0 bridgehead atoms. The molecule has 13 nitrogen and oxygen atoms in total. The molecule has 6 aromatic rings. The Hall–Kier alpha value is -5.19. The number of pyridine rings is 1. The number of nitrogens with zero attached hydrogens (tertiary/aromatic N) is 9. The van der Waals surface area contributed by atoms with Crippen LogP contribution >= 0.6 is 34.8 Å². The average Bonchev–Trinajstić information content (AvgIpc) is 3.91. The topological polar surface area (TPSA) is 133 Å². The lowest BCUT2D eigenvalue weighted by Gasteiger charge is -2.38. The Morgan fingerprint density at radius 2 is 1.11 bits per heavy atom. The van der Waals surface area contributed by atoms with E-state index >= 15 is 0 Å². The van der Waals surface area contributed by atoms with Gasteiger partial charge in [0, 0.05) is 116 Å². The standard InChI is InChI=1S/C24H24Cl2N4O2.C23H23ClFN5O2/c25-18-5-2-17(3-6-18)24(32)29-11-9-28(10-12-29)21-14-30(15-22(21)31)23-8-4-16-1-7-19(26)13-20(16)27-23;24-16-6-4-15(5-7-16)23(32)29-10-8-28(9-11-29)19-12-30(13-20(19)31)22-17-2-1-3-18(25)21(17)26-14-27-22/h1-8,13,21-22,31H,9-12,14-15H2;1-7,14,19-20,31H,8-13H2. The van der Waals surface area contributed by atoms with Crippen molar-refractivity contribution >= 4 is 80.1 Å². The first-order valence-corrected chi connectivity index (χ1v) is 22.5. The minimum absolute atomic E-state index is 0.00982. The number of amides is 2. The zero-order chi connectivity index (χ0) is 44.5. The zero-order valence-corrected chi connectivity index (χ0v) is 37.1. The lowest BCUT2D eigenvalue weighted by Crippen LogP contribution is -2.54. The van der Waals surface area contributed by atoms with Crippen molar-refractivity contribution in [2.45, 2.75) is 24.3 Å². The Balaban J connectivity index is 0.000000162. The third-order valence-electron chi connectivity index (χ3n) is 12.7. The second-order valence-corrected chi connectivity index (χ2v) is 17.9. The van der Waals surface area contributed by atoms with Crippen LogP contribution in [0.25, 0.3) is 21.8 Å². The van der Waals surface area contributed by atoms with Crippen LogP contribution in [0.4, 0.5) is 16.0 Å². The molecule has 4 aliphatic heterocycles. The molecule has 4 saturated heterocycles. The second kappa shape index (κ2) is 19.1. The molecule has 4 fully saturated rings. The molecule has 0 aliphatic carbocycles. The summed E-state index contributed by atoms with van der Waals surface area (Å²) < 4.78 is 14.1. The quantitative estimate of drug-likeness (QED) is 0.205. The highest BCUT2D eigenvalue weighted by molar-refractivity contribution is 6.31. The molecule has 64 heavy (non-hydrogen) atoms. The monoisotopic (exact) mass is 925 g/mol. The van der Waals surface area contributed by atoms with Crippen LogP contribution in [0.15, 0.2) is 103 Å². The maximum Gasteiger partial charge on any atom is 0.253 e. The Labute approximate surface area is 385 Å². The van der Waals surface area contributed by atoms with Crippen molar-refractivity contribution in [3.63, 3.8) is 0 Å². The number of carbonyl (C=O) groups excluding carboxylic acids is 2. The number of aliphatic hydroxyl groups excluding tert-OH is 2. The van der Waals surface area contributed by atoms with Crippen LogP contribution in [0.5, 0.6) is 0 Å². The number of rotatable bonds is 6. The first kappa shape index (κ1) is 44.0. The van der Waals surface area contributed by atoms with Crippen molar-refractivity contribution in [3.8, 4) is 0 Å². The molecule has 10 rings (SSSR count). The molecule has 0 saturated carbocycles. The average molecular weight is 927 g/mol. The molecule has 332 valence electrons. The van der Waals surface area contributed by atoms with Crippen LogP contribution in [0.1, 0.15) is 20.7 Å². The van der Waals surface area contributed by atoms with Gasteiger partial charge in [0.05, 0.1) is 29.8 Å². The number of hydrogen-bond donors (Lipinski definition) is 2. The predicted molar refractivity (Wildman–Crippen MR) is 248 cm³/mol. The number of carbonyl (C=O) groups is 2. The summed E-state index contributed by atoms with van der Waals surface area (Å²) in [7, 11) is 0. The van der Waals surface area contributed by atoms with Gasteiger partial charge in [-0.15, -0.1) is 0 Å². The maximum absolute atomic E-state index is 14.1. The number of aliphatic hydroxyl groups is 2. The number of hydrogen-bond acceptors (Lipinski definition) is 11. The molecule has 4 unspecified atom stereocenters. The number of para-hydroxylation sites is 1. The normalized spacial score (nSPS) is 22.0. The van der Waals surface area contributed by atoms with Crippen LogP contribution in [-0.4, -0.2) is 159 Å². The summed E-state index contributed by atoms with van der Waals surface area (Å²) in [4.78, 5) is 51.0. The Kier molecular flexibility index (Phi) is 13.1. The predicted octanol–water partition coefficient (Wildman–Crippen LogP) is 5.98. The molecular weight excluding hydrogens is 880 g/mol. The van der Waals surface area contributed by atoms with E-state index in [9.17, 15) is 24.2 Å².